The van der Waals surface area contributed by atoms with E-state index in [0.717, 1.165) is 0 Å². The standard InChI is InChI=1S/C9H6F13I/c10-4(11,1-5(12,13)3-7(15,16)23)2-6(14,8(17,18)19)9(20,21)22/h1-3H2. The minimum Gasteiger partial charge on any atom is -0.223 e. The quantitative estimate of drug-likeness (QED) is 0.235. The van der Waals surface area contributed by atoms with Gasteiger partial charge in [-0.25, -0.2) is 22.0 Å². The molecule has 0 N–H and O–H groups in total. The average molecular weight is 488 g/mol. The smallest absolute Gasteiger partial charge is 0.223 e. The third kappa shape index (κ3) is 6.68. The van der Waals surface area contributed by atoms with Gasteiger partial charge in [-0.3, -0.25) is 0 Å². The summed E-state index contributed by atoms with van der Waals surface area (Å²) in [5.41, 5.74) is -6.47. The van der Waals surface area contributed by atoms with Crippen molar-refractivity contribution in [2.24, 2.45) is 0 Å². The zero-order valence-corrected chi connectivity index (χ0v) is 12.6. The molecule has 0 aromatic rings. The highest BCUT2D eigenvalue weighted by atomic mass is 127. The van der Waals surface area contributed by atoms with Gasteiger partial charge in [0, 0.05) is 0 Å². The zero-order valence-electron chi connectivity index (χ0n) is 10.4. The van der Waals surface area contributed by atoms with Crippen LogP contribution in [0.4, 0.5) is 57.1 Å². The number of halogens is 14. The summed E-state index contributed by atoms with van der Waals surface area (Å²) in [6.07, 6.45) is -23.1. The number of hydrogen-bond donors (Lipinski definition) is 0. The van der Waals surface area contributed by atoms with Gasteiger partial charge in [-0.05, 0) is 22.6 Å². The first-order valence-electron chi connectivity index (χ1n) is 5.27. The molecule has 0 amide bonds. The van der Waals surface area contributed by atoms with Crippen molar-refractivity contribution in [3.63, 3.8) is 0 Å². The molecule has 140 valence electrons. The zero-order chi connectivity index (χ0) is 19.1. The molecule has 0 saturated carbocycles. The largest absolute Gasteiger partial charge is 0.431 e. The molecule has 14 heteroatoms. The number of alkyl halides is 14. The van der Waals surface area contributed by atoms with Gasteiger partial charge in [0.25, 0.3) is 11.8 Å². The average Bonchev–Trinajstić information content (AvgIpc) is 2.05. The van der Waals surface area contributed by atoms with Crippen molar-refractivity contribution in [3.05, 3.63) is 0 Å². The van der Waals surface area contributed by atoms with E-state index < -0.39 is 53.1 Å². The van der Waals surface area contributed by atoms with E-state index >= 15 is 0 Å². The van der Waals surface area contributed by atoms with Crippen LogP contribution in [-0.4, -0.2) is 33.8 Å². The highest BCUT2D eigenvalue weighted by Crippen LogP contribution is 2.53. The predicted molar refractivity (Wildman–Crippen MR) is 58.7 cm³/mol. The van der Waals surface area contributed by atoms with E-state index in [0.29, 0.717) is 0 Å². The van der Waals surface area contributed by atoms with Crippen molar-refractivity contribution in [1.82, 2.24) is 0 Å². The van der Waals surface area contributed by atoms with Gasteiger partial charge in [-0.1, -0.05) is 0 Å². The third-order valence-electron chi connectivity index (χ3n) is 2.38. The maximum Gasteiger partial charge on any atom is 0.431 e. The fraction of sp³-hybridized carbons (Fsp3) is 1.00. The Labute approximate surface area is 133 Å². The lowest BCUT2D eigenvalue weighted by Gasteiger charge is -2.34. The highest BCUT2D eigenvalue weighted by molar-refractivity contribution is 14.1. The Morgan fingerprint density at radius 1 is 0.478 bits per heavy atom. The molecular weight excluding hydrogens is 482 g/mol. The molecule has 0 bridgehead atoms. The van der Waals surface area contributed by atoms with Crippen LogP contribution in [0.5, 0.6) is 0 Å². The van der Waals surface area contributed by atoms with Gasteiger partial charge in [0.05, 0.1) is 19.3 Å². The monoisotopic (exact) mass is 488 g/mol. The van der Waals surface area contributed by atoms with Crippen molar-refractivity contribution in [2.45, 2.75) is 53.1 Å². The molecule has 0 unspecified atom stereocenters. The van der Waals surface area contributed by atoms with Crippen molar-refractivity contribution < 1.29 is 57.1 Å². The van der Waals surface area contributed by atoms with Crippen molar-refractivity contribution >= 4 is 22.6 Å². The first kappa shape index (κ1) is 22.8. The maximum absolute atomic E-state index is 13.1. The molecule has 23 heavy (non-hydrogen) atoms. The first-order valence-corrected chi connectivity index (χ1v) is 6.35. The summed E-state index contributed by atoms with van der Waals surface area (Å²) < 4.78 is 158. The SMILES string of the molecule is FC(F)(I)CC(F)(F)CC(F)(F)CC(F)(C(F)(F)F)C(F)(F)F. The Morgan fingerprint density at radius 2 is 0.783 bits per heavy atom. The molecule has 0 aliphatic rings. The number of rotatable bonds is 6. The van der Waals surface area contributed by atoms with Crippen LogP contribution in [0.2, 0.25) is 0 Å². The van der Waals surface area contributed by atoms with E-state index in [-0.39, 0.29) is 22.6 Å². The van der Waals surface area contributed by atoms with Crippen LogP contribution in [-0.2, 0) is 0 Å². The van der Waals surface area contributed by atoms with Crippen LogP contribution < -0.4 is 0 Å². The Balaban J connectivity index is 5.45. The Morgan fingerprint density at radius 3 is 1.04 bits per heavy atom. The van der Waals surface area contributed by atoms with E-state index in [9.17, 15) is 57.1 Å². The van der Waals surface area contributed by atoms with Crippen LogP contribution in [0.25, 0.3) is 0 Å². The topological polar surface area (TPSA) is 0 Å². The van der Waals surface area contributed by atoms with E-state index in [4.69, 9.17) is 0 Å². The molecule has 0 aliphatic carbocycles. The summed E-state index contributed by atoms with van der Waals surface area (Å²) in [4.78, 5) is 0. The molecule has 0 fully saturated rings. The minimum absolute atomic E-state index is 0.115. The normalized spacial score (nSPS) is 15.9. The summed E-state index contributed by atoms with van der Waals surface area (Å²) >= 11 is 0.115. The molecule has 0 nitrogen and oxygen atoms in total. The lowest BCUT2D eigenvalue weighted by molar-refractivity contribution is -0.356. The van der Waals surface area contributed by atoms with Gasteiger partial charge in [0.15, 0.2) is 0 Å². The van der Waals surface area contributed by atoms with E-state index in [1.807, 2.05) is 0 Å². The molecule has 0 atom stereocenters. The lowest BCUT2D eigenvalue weighted by atomic mass is 9.92. The minimum atomic E-state index is -6.86. The Bertz CT molecular complexity index is 387. The third-order valence-corrected chi connectivity index (χ3v) is 2.76. The molecule has 0 aromatic heterocycles. The fourth-order valence-corrected chi connectivity index (χ4v) is 2.07. The van der Waals surface area contributed by atoms with Crippen LogP contribution in [0, 0.1) is 0 Å². The van der Waals surface area contributed by atoms with Crippen molar-refractivity contribution in [2.75, 3.05) is 0 Å². The summed E-state index contributed by atoms with van der Waals surface area (Å²) in [6, 6.07) is 0. The molecule has 0 heterocycles. The second-order valence-electron chi connectivity index (χ2n) is 4.65. The highest BCUT2D eigenvalue weighted by Gasteiger charge is 2.75. The molecule has 0 radical (unpaired) electrons. The summed E-state index contributed by atoms with van der Waals surface area (Å²) in [6.45, 7) is 0. The van der Waals surface area contributed by atoms with Crippen LogP contribution in [0.3, 0.4) is 0 Å². The molecule has 0 saturated heterocycles. The summed E-state index contributed by atoms with van der Waals surface area (Å²) in [5, 5.41) is 0. The van der Waals surface area contributed by atoms with Crippen LogP contribution in [0.1, 0.15) is 19.3 Å². The maximum atomic E-state index is 13.1. The molecular formula is C9H6F13I. The van der Waals surface area contributed by atoms with Crippen LogP contribution >= 0.6 is 22.6 Å². The fourth-order valence-electron chi connectivity index (χ4n) is 1.51. The number of hydrogen-bond acceptors (Lipinski definition) is 0. The first-order chi connectivity index (χ1) is 9.62. The second kappa shape index (κ2) is 6.28. The van der Waals surface area contributed by atoms with Crippen LogP contribution in [0.15, 0.2) is 0 Å². The summed E-state index contributed by atoms with van der Waals surface area (Å²) in [5.74, 6) is -10.6. The second-order valence-corrected chi connectivity index (χ2v) is 6.23. The van der Waals surface area contributed by atoms with Crippen molar-refractivity contribution in [1.29, 1.82) is 0 Å². The van der Waals surface area contributed by atoms with Gasteiger partial charge in [-0.15, -0.1) is 0 Å². The predicted octanol–water partition coefficient (Wildman–Crippen LogP) is 6.29. The molecule has 0 aliphatic heterocycles. The van der Waals surface area contributed by atoms with Gasteiger partial charge < -0.3 is 0 Å². The van der Waals surface area contributed by atoms with E-state index in [1.54, 1.807) is 0 Å². The van der Waals surface area contributed by atoms with Crippen molar-refractivity contribution in [3.8, 4) is 0 Å². The van der Waals surface area contributed by atoms with Gasteiger partial charge in [0.1, 0.15) is 0 Å². The summed E-state index contributed by atoms with van der Waals surface area (Å²) in [7, 11) is 0. The lowest BCUT2D eigenvalue weighted by Crippen LogP contribution is -2.56. The molecule has 0 rings (SSSR count). The Kier molecular flexibility index (Phi) is 6.23. The van der Waals surface area contributed by atoms with Gasteiger partial charge >= 0.3 is 22.0 Å². The van der Waals surface area contributed by atoms with Gasteiger partial charge in [0.2, 0.25) is 0 Å². The van der Waals surface area contributed by atoms with E-state index in [2.05, 4.69) is 0 Å². The molecule has 0 spiro atoms. The molecule has 0 aromatic carbocycles. The van der Waals surface area contributed by atoms with E-state index in [1.165, 1.54) is 0 Å². The van der Waals surface area contributed by atoms with Gasteiger partial charge in [-0.2, -0.15) is 35.1 Å². The Hall–Kier alpha value is -0.180.